The van der Waals surface area contributed by atoms with Crippen molar-refractivity contribution in [3.05, 3.63) is 64.3 Å². The number of para-hydroxylation sites is 1. The second-order valence-corrected chi connectivity index (χ2v) is 5.01. The lowest BCUT2D eigenvalue weighted by Crippen LogP contribution is -2.06. The van der Waals surface area contributed by atoms with Crippen molar-refractivity contribution in [3.63, 3.8) is 0 Å². The van der Waals surface area contributed by atoms with E-state index >= 15 is 0 Å². The van der Waals surface area contributed by atoms with Crippen LogP contribution in [0.3, 0.4) is 0 Å². The first-order valence-corrected chi connectivity index (χ1v) is 6.78. The quantitative estimate of drug-likeness (QED) is 0.768. The van der Waals surface area contributed by atoms with Gasteiger partial charge in [-0.2, -0.15) is 13.2 Å². The molecule has 0 bridgehead atoms. The second kappa shape index (κ2) is 5.46. The fourth-order valence-corrected chi connectivity index (χ4v) is 2.43. The molecule has 1 heterocycles. The van der Waals surface area contributed by atoms with Crippen LogP contribution < -0.4 is 10.2 Å². The molecule has 3 nitrogen and oxygen atoms in total. The molecule has 0 unspecified atom stereocenters. The highest BCUT2D eigenvalue weighted by Crippen LogP contribution is 2.36. The minimum Gasteiger partial charge on any atom is -0.496 e. The van der Waals surface area contributed by atoms with Gasteiger partial charge < -0.3 is 9.72 Å². The highest BCUT2D eigenvalue weighted by atomic mass is 19.4. The number of hydrogen-bond donors (Lipinski definition) is 1. The van der Waals surface area contributed by atoms with E-state index in [2.05, 4.69) is 4.98 Å². The van der Waals surface area contributed by atoms with Gasteiger partial charge in [-0.3, -0.25) is 4.79 Å². The van der Waals surface area contributed by atoms with E-state index in [9.17, 15) is 18.0 Å². The second-order valence-electron chi connectivity index (χ2n) is 5.01. The summed E-state index contributed by atoms with van der Waals surface area (Å²) in [7, 11) is 1.29. The molecule has 3 aromatic rings. The number of alkyl halides is 3. The summed E-state index contributed by atoms with van der Waals surface area (Å²) in [5.41, 5.74) is 0.386. The van der Waals surface area contributed by atoms with Crippen LogP contribution in [-0.4, -0.2) is 12.1 Å². The summed E-state index contributed by atoms with van der Waals surface area (Å²) in [6.07, 6.45) is -4.46. The summed E-state index contributed by atoms with van der Waals surface area (Å²) < 4.78 is 43.5. The van der Waals surface area contributed by atoms with Gasteiger partial charge in [-0.25, -0.2) is 0 Å². The van der Waals surface area contributed by atoms with Crippen LogP contribution in [0.25, 0.3) is 22.2 Å². The molecule has 6 heteroatoms. The molecule has 0 aliphatic rings. The topological polar surface area (TPSA) is 42.1 Å². The molecule has 0 saturated carbocycles. The lowest BCUT2D eigenvalue weighted by molar-refractivity contribution is -0.137. The Balaban J connectivity index is 2.20. The van der Waals surface area contributed by atoms with Crippen LogP contribution in [0.15, 0.2) is 53.3 Å². The zero-order valence-electron chi connectivity index (χ0n) is 12.1. The van der Waals surface area contributed by atoms with E-state index in [1.165, 1.54) is 19.2 Å². The van der Waals surface area contributed by atoms with Crippen molar-refractivity contribution in [2.24, 2.45) is 0 Å². The molecule has 0 spiro atoms. The predicted molar refractivity (Wildman–Crippen MR) is 81.6 cm³/mol. The van der Waals surface area contributed by atoms with Gasteiger partial charge in [0.15, 0.2) is 5.43 Å². The molecule has 0 amide bonds. The fraction of sp³-hybridized carbons (Fsp3) is 0.118. The summed E-state index contributed by atoms with van der Waals surface area (Å²) in [4.78, 5) is 15.2. The lowest BCUT2D eigenvalue weighted by atomic mass is 10.1. The Morgan fingerprint density at radius 2 is 1.78 bits per heavy atom. The van der Waals surface area contributed by atoms with E-state index in [1.807, 2.05) is 0 Å². The number of aromatic amines is 1. The van der Waals surface area contributed by atoms with Crippen molar-refractivity contribution in [2.45, 2.75) is 6.18 Å². The minimum absolute atomic E-state index is 0.0470. The third kappa shape index (κ3) is 2.79. The number of H-pyrrole nitrogens is 1. The molecule has 0 atom stereocenters. The average molecular weight is 319 g/mol. The van der Waals surface area contributed by atoms with Gasteiger partial charge in [0.1, 0.15) is 5.75 Å². The number of pyridine rings is 1. The fourth-order valence-electron chi connectivity index (χ4n) is 2.43. The number of methoxy groups -OCH3 is 1. The smallest absolute Gasteiger partial charge is 0.416 e. The Morgan fingerprint density at radius 1 is 1.04 bits per heavy atom. The molecule has 0 aliphatic heterocycles. The molecule has 23 heavy (non-hydrogen) atoms. The molecule has 2 aromatic carbocycles. The molecular weight excluding hydrogens is 307 g/mol. The van der Waals surface area contributed by atoms with E-state index < -0.39 is 11.7 Å². The van der Waals surface area contributed by atoms with Crippen molar-refractivity contribution < 1.29 is 17.9 Å². The standard InChI is InChI=1S/C17H12F3NO2/c1-23-16-8-10(17(18,19)20)6-7-12(16)14-9-15(22)11-4-2-3-5-13(11)21-14/h2-9H,1H3,(H,21,22). The highest BCUT2D eigenvalue weighted by molar-refractivity contribution is 5.82. The molecule has 0 aliphatic carbocycles. The van der Waals surface area contributed by atoms with Gasteiger partial charge in [0, 0.05) is 22.5 Å². The average Bonchev–Trinajstić information content (AvgIpc) is 2.53. The van der Waals surface area contributed by atoms with Crippen LogP contribution >= 0.6 is 0 Å². The van der Waals surface area contributed by atoms with Crippen molar-refractivity contribution in [1.29, 1.82) is 0 Å². The van der Waals surface area contributed by atoms with Crippen LogP contribution in [0.2, 0.25) is 0 Å². The van der Waals surface area contributed by atoms with Crippen LogP contribution in [0, 0.1) is 0 Å². The Labute approximate surface area is 129 Å². The van der Waals surface area contributed by atoms with Crippen LogP contribution in [0.1, 0.15) is 5.56 Å². The number of hydrogen-bond acceptors (Lipinski definition) is 2. The third-order valence-corrected chi connectivity index (χ3v) is 3.56. The lowest BCUT2D eigenvalue weighted by Gasteiger charge is -2.13. The van der Waals surface area contributed by atoms with E-state index in [1.54, 1.807) is 24.3 Å². The van der Waals surface area contributed by atoms with Crippen molar-refractivity contribution in [2.75, 3.05) is 7.11 Å². The molecule has 0 fully saturated rings. The number of fused-ring (bicyclic) bond motifs is 1. The number of benzene rings is 2. The molecule has 118 valence electrons. The Morgan fingerprint density at radius 3 is 2.48 bits per heavy atom. The van der Waals surface area contributed by atoms with Crippen LogP contribution in [-0.2, 0) is 6.18 Å². The third-order valence-electron chi connectivity index (χ3n) is 3.56. The predicted octanol–water partition coefficient (Wildman–Crippen LogP) is 4.22. The summed E-state index contributed by atoms with van der Waals surface area (Å²) in [6, 6.07) is 11.5. The van der Waals surface area contributed by atoms with Crippen molar-refractivity contribution >= 4 is 10.9 Å². The molecule has 1 aromatic heterocycles. The van der Waals surface area contributed by atoms with Gasteiger partial charge in [-0.1, -0.05) is 12.1 Å². The molecule has 1 N–H and O–H groups in total. The zero-order chi connectivity index (χ0) is 16.6. The van der Waals surface area contributed by atoms with Gasteiger partial charge >= 0.3 is 6.18 Å². The summed E-state index contributed by atoms with van der Waals surface area (Å²) in [5, 5.41) is 0.516. The van der Waals surface area contributed by atoms with Gasteiger partial charge in [-0.05, 0) is 30.3 Å². The van der Waals surface area contributed by atoms with Crippen LogP contribution in [0.5, 0.6) is 5.75 Å². The maximum Gasteiger partial charge on any atom is 0.416 e. The largest absolute Gasteiger partial charge is 0.496 e. The maximum atomic E-state index is 12.8. The van der Waals surface area contributed by atoms with Gasteiger partial charge in [0.2, 0.25) is 0 Å². The number of ether oxygens (including phenoxy) is 1. The molecule has 0 saturated heterocycles. The van der Waals surface area contributed by atoms with Gasteiger partial charge in [-0.15, -0.1) is 0 Å². The van der Waals surface area contributed by atoms with E-state index in [0.29, 0.717) is 22.2 Å². The van der Waals surface area contributed by atoms with E-state index in [-0.39, 0.29) is 11.2 Å². The Kier molecular flexibility index (Phi) is 3.60. The normalized spacial score (nSPS) is 11.7. The molecular formula is C17H12F3NO2. The van der Waals surface area contributed by atoms with Gasteiger partial charge in [0.25, 0.3) is 0 Å². The number of halogens is 3. The van der Waals surface area contributed by atoms with Crippen molar-refractivity contribution in [3.8, 4) is 17.0 Å². The summed E-state index contributed by atoms with van der Waals surface area (Å²) >= 11 is 0. The number of rotatable bonds is 2. The first-order chi connectivity index (χ1) is 10.9. The Hall–Kier alpha value is -2.76. The van der Waals surface area contributed by atoms with E-state index in [0.717, 1.165) is 12.1 Å². The first kappa shape index (κ1) is 15.1. The zero-order valence-corrected chi connectivity index (χ0v) is 12.1. The summed E-state index contributed by atoms with van der Waals surface area (Å²) in [5.74, 6) is 0.0470. The first-order valence-electron chi connectivity index (χ1n) is 6.78. The van der Waals surface area contributed by atoms with Crippen molar-refractivity contribution in [1.82, 2.24) is 4.98 Å². The number of nitrogens with one attached hydrogen (secondary N) is 1. The monoisotopic (exact) mass is 319 g/mol. The Bertz CT molecular complexity index is 929. The van der Waals surface area contributed by atoms with E-state index in [4.69, 9.17) is 4.74 Å². The minimum atomic E-state index is -4.46. The van der Waals surface area contributed by atoms with Crippen LogP contribution in [0.4, 0.5) is 13.2 Å². The van der Waals surface area contributed by atoms with Gasteiger partial charge in [0.05, 0.1) is 18.4 Å². The summed E-state index contributed by atoms with van der Waals surface area (Å²) in [6.45, 7) is 0. The SMILES string of the molecule is COc1cc(C(F)(F)F)ccc1-c1cc(=O)c2ccccc2[nH]1. The molecule has 3 rings (SSSR count). The highest BCUT2D eigenvalue weighted by Gasteiger charge is 2.31. The molecule has 0 radical (unpaired) electrons. The maximum absolute atomic E-state index is 12.8. The number of aromatic nitrogens is 1.